The second-order valence-electron chi connectivity index (χ2n) is 2.46. The number of H-pyrrole nitrogens is 1. The topological polar surface area (TPSA) is 89.6 Å². The summed E-state index contributed by atoms with van der Waals surface area (Å²) in [4.78, 5) is 17.6. The Bertz CT molecular complexity index is 471. The molecule has 0 aromatic carbocycles. The number of nitrogens with zero attached hydrogens (tertiary/aromatic N) is 3. The van der Waals surface area contributed by atoms with Crippen LogP contribution in [0.1, 0.15) is 0 Å². The lowest BCUT2D eigenvalue weighted by Gasteiger charge is -1.95. The van der Waals surface area contributed by atoms with E-state index < -0.39 is 0 Å². The number of nitrogens with two attached hydrogens (primary N) is 1. The predicted octanol–water partition coefficient (Wildman–Crippen LogP) is -0.462. The quantitative estimate of drug-likeness (QED) is 0.616. The van der Waals surface area contributed by atoms with Crippen molar-refractivity contribution in [1.82, 2.24) is 19.7 Å². The summed E-state index contributed by atoms with van der Waals surface area (Å²) >= 11 is 0. The Morgan fingerprint density at radius 2 is 2.38 bits per heavy atom. The smallest absolute Gasteiger partial charge is 0.293 e. The van der Waals surface area contributed by atoms with Gasteiger partial charge < -0.3 is 10.7 Å². The summed E-state index contributed by atoms with van der Waals surface area (Å²) in [6.45, 7) is 0. The molecule has 0 saturated heterocycles. The van der Waals surface area contributed by atoms with Gasteiger partial charge in [-0.25, -0.2) is 9.67 Å². The Kier molecular flexibility index (Phi) is 1.59. The van der Waals surface area contributed by atoms with Crippen molar-refractivity contribution in [3.63, 3.8) is 0 Å². The van der Waals surface area contributed by atoms with Gasteiger partial charge in [-0.15, -0.1) is 0 Å². The molecule has 2 heterocycles. The summed E-state index contributed by atoms with van der Waals surface area (Å²) in [6.07, 6.45) is 5.92. The van der Waals surface area contributed by atoms with E-state index in [1.54, 1.807) is 0 Å². The highest BCUT2D eigenvalue weighted by molar-refractivity contribution is 5.33. The molecule has 0 amide bonds. The van der Waals surface area contributed by atoms with Gasteiger partial charge in [0.2, 0.25) is 5.82 Å². The van der Waals surface area contributed by atoms with Gasteiger partial charge in [-0.1, -0.05) is 0 Å². The second-order valence-corrected chi connectivity index (χ2v) is 2.46. The fourth-order valence-electron chi connectivity index (χ4n) is 0.960. The minimum Gasteiger partial charge on any atom is -0.396 e. The molecular weight excluding hydrogens is 170 g/mol. The molecule has 13 heavy (non-hydrogen) atoms. The number of nitrogens with one attached hydrogen (secondary N) is 1. The lowest BCUT2D eigenvalue weighted by molar-refractivity contribution is 0.825. The molecule has 6 nitrogen and oxygen atoms in total. The van der Waals surface area contributed by atoms with Gasteiger partial charge in [0.05, 0.1) is 18.1 Å². The third-order valence-electron chi connectivity index (χ3n) is 1.51. The van der Waals surface area contributed by atoms with Gasteiger partial charge in [-0.3, -0.25) is 4.79 Å². The molecule has 0 unspecified atom stereocenters. The average Bonchev–Trinajstić information content (AvgIpc) is 2.53. The number of anilines is 1. The van der Waals surface area contributed by atoms with Crippen LogP contribution in [0, 0.1) is 0 Å². The number of aromatic nitrogens is 4. The van der Waals surface area contributed by atoms with Gasteiger partial charge in [0, 0.05) is 12.4 Å². The first-order valence-corrected chi connectivity index (χ1v) is 3.61. The Hall–Kier alpha value is -2.11. The first-order valence-electron chi connectivity index (χ1n) is 3.61. The molecule has 0 aliphatic heterocycles. The van der Waals surface area contributed by atoms with E-state index >= 15 is 0 Å². The Labute approximate surface area is 73.0 Å². The van der Waals surface area contributed by atoms with Crippen molar-refractivity contribution in [1.29, 1.82) is 0 Å². The number of hydrogen-bond donors (Lipinski definition) is 2. The van der Waals surface area contributed by atoms with Crippen molar-refractivity contribution in [3.8, 4) is 5.82 Å². The van der Waals surface area contributed by atoms with Crippen molar-refractivity contribution in [2.45, 2.75) is 0 Å². The zero-order valence-corrected chi connectivity index (χ0v) is 6.64. The maximum atomic E-state index is 11.2. The molecule has 2 aromatic heterocycles. The van der Waals surface area contributed by atoms with Crippen LogP contribution in [0.5, 0.6) is 0 Å². The maximum Gasteiger partial charge on any atom is 0.293 e. The zero-order chi connectivity index (χ0) is 9.26. The van der Waals surface area contributed by atoms with E-state index in [-0.39, 0.29) is 11.4 Å². The van der Waals surface area contributed by atoms with Crippen molar-refractivity contribution < 1.29 is 0 Å². The second kappa shape index (κ2) is 2.74. The highest BCUT2D eigenvalue weighted by Gasteiger charge is 2.03. The number of nitrogen functional groups attached to an aromatic ring is 1. The van der Waals surface area contributed by atoms with Gasteiger partial charge in [-0.2, -0.15) is 5.10 Å². The first-order chi connectivity index (χ1) is 6.27. The van der Waals surface area contributed by atoms with Gasteiger partial charge >= 0.3 is 0 Å². The van der Waals surface area contributed by atoms with Crippen LogP contribution in [0.2, 0.25) is 0 Å². The molecule has 0 bridgehead atoms. The van der Waals surface area contributed by atoms with E-state index in [2.05, 4.69) is 15.1 Å². The number of aromatic amines is 1. The highest BCUT2D eigenvalue weighted by Crippen LogP contribution is 2.00. The fraction of sp³-hybridized carbons (Fsp3) is 0. The molecule has 0 atom stereocenters. The summed E-state index contributed by atoms with van der Waals surface area (Å²) in [5.41, 5.74) is 5.63. The summed E-state index contributed by atoms with van der Waals surface area (Å²) in [5.74, 6) is 0.208. The van der Waals surface area contributed by atoms with Crippen molar-refractivity contribution in [3.05, 3.63) is 35.1 Å². The fourth-order valence-corrected chi connectivity index (χ4v) is 0.960. The van der Waals surface area contributed by atoms with Crippen molar-refractivity contribution in [2.75, 3.05) is 5.73 Å². The predicted molar refractivity (Wildman–Crippen MR) is 46.4 cm³/mol. The van der Waals surface area contributed by atoms with E-state index in [0.717, 1.165) is 0 Å². The molecular formula is C7H7N5O. The van der Waals surface area contributed by atoms with Gasteiger partial charge in [0.25, 0.3) is 5.56 Å². The van der Waals surface area contributed by atoms with Gasteiger partial charge in [0.15, 0.2) is 0 Å². The Balaban J connectivity index is 2.59. The molecule has 6 heteroatoms. The zero-order valence-electron chi connectivity index (χ0n) is 6.64. The van der Waals surface area contributed by atoms with E-state index in [1.165, 1.54) is 29.5 Å². The van der Waals surface area contributed by atoms with Crippen LogP contribution in [0.3, 0.4) is 0 Å². The minimum atomic E-state index is -0.300. The van der Waals surface area contributed by atoms with Crippen molar-refractivity contribution in [2.24, 2.45) is 0 Å². The van der Waals surface area contributed by atoms with Crippen LogP contribution in [0.25, 0.3) is 5.82 Å². The average molecular weight is 177 g/mol. The van der Waals surface area contributed by atoms with E-state index in [4.69, 9.17) is 5.73 Å². The van der Waals surface area contributed by atoms with Crippen LogP contribution in [0.15, 0.2) is 29.6 Å². The molecule has 3 N–H and O–H groups in total. The normalized spacial score (nSPS) is 10.2. The number of rotatable bonds is 1. The van der Waals surface area contributed by atoms with E-state index in [0.29, 0.717) is 5.69 Å². The molecule has 0 aliphatic rings. The molecule has 0 spiro atoms. The largest absolute Gasteiger partial charge is 0.396 e. The van der Waals surface area contributed by atoms with E-state index in [1.807, 2.05) is 0 Å². The summed E-state index contributed by atoms with van der Waals surface area (Å²) in [5, 5.41) is 3.86. The van der Waals surface area contributed by atoms with E-state index in [9.17, 15) is 4.79 Å². The maximum absolute atomic E-state index is 11.2. The molecule has 0 radical (unpaired) electrons. The third-order valence-corrected chi connectivity index (χ3v) is 1.51. The Morgan fingerprint density at radius 3 is 3.00 bits per heavy atom. The van der Waals surface area contributed by atoms with Gasteiger partial charge in [-0.05, 0) is 0 Å². The standard InChI is InChI=1S/C7H7N5O/c8-5-3-11-12(4-5)6-7(13)10-2-1-9-6/h1-4H,8H2,(H,10,13). The van der Waals surface area contributed by atoms with Crippen LogP contribution in [-0.4, -0.2) is 19.7 Å². The molecule has 0 saturated carbocycles. The summed E-state index contributed by atoms with van der Waals surface area (Å²) in [7, 11) is 0. The van der Waals surface area contributed by atoms with Crippen LogP contribution in [0.4, 0.5) is 5.69 Å². The number of hydrogen-bond acceptors (Lipinski definition) is 4. The lowest BCUT2D eigenvalue weighted by atomic mass is 10.6. The summed E-state index contributed by atoms with van der Waals surface area (Å²) < 4.78 is 1.33. The molecule has 0 fully saturated rings. The summed E-state index contributed by atoms with van der Waals surface area (Å²) in [6, 6.07) is 0. The molecule has 66 valence electrons. The Morgan fingerprint density at radius 1 is 1.54 bits per heavy atom. The molecule has 2 rings (SSSR count). The third kappa shape index (κ3) is 1.28. The van der Waals surface area contributed by atoms with Crippen LogP contribution in [-0.2, 0) is 0 Å². The molecule has 2 aromatic rings. The molecule has 0 aliphatic carbocycles. The van der Waals surface area contributed by atoms with Gasteiger partial charge in [0.1, 0.15) is 0 Å². The van der Waals surface area contributed by atoms with Crippen LogP contribution < -0.4 is 11.3 Å². The first kappa shape index (κ1) is 7.53. The van der Waals surface area contributed by atoms with Crippen molar-refractivity contribution >= 4 is 5.69 Å². The SMILES string of the molecule is Nc1cnn(-c2ncc[nH]c2=O)c1. The monoisotopic (exact) mass is 177 g/mol. The highest BCUT2D eigenvalue weighted by atomic mass is 16.1. The lowest BCUT2D eigenvalue weighted by Crippen LogP contribution is -2.16. The minimum absolute atomic E-state index is 0.208. The van der Waals surface area contributed by atoms with Crippen LogP contribution >= 0.6 is 0 Å².